The molecule has 0 fully saturated rings. The van der Waals surface area contributed by atoms with Crippen LogP contribution < -0.4 is 0 Å². The zero-order chi connectivity index (χ0) is 14.9. The molecule has 2 heterocycles. The second kappa shape index (κ2) is 5.62. The van der Waals surface area contributed by atoms with Gasteiger partial charge >= 0.3 is 5.97 Å². The Balaban J connectivity index is 2.39. The van der Waals surface area contributed by atoms with Crippen LogP contribution in [0.1, 0.15) is 34.5 Å². The van der Waals surface area contributed by atoms with E-state index < -0.39 is 5.97 Å². The summed E-state index contributed by atoms with van der Waals surface area (Å²) in [7, 11) is 3.14. The highest BCUT2D eigenvalue weighted by Crippen LogP contribution is 2.21. The predicted molar refractivity (Wildman–Crippen MR) is 72.8 cm³/mol. The topological polar surface area (TPSA) is 74.8 Å². The number of aromatic nitrogens is 5. The molecule has 0 saturated carbocycles. The second-order valence-electron chi connectivity index (χ2n) is 4.36. The summed E-state index contributed by atoms with van der Waals surface area (Å²) < 4.78 is 8.05. The van der Waals surface area contributed by atoms with E-state index in [2.05, 4.69) is 15.4 Å². The minimum atomic E-state index is -0.486. The van der Waals surface area contributed by atoms with Crippen LogP contribution in [0.2, 0.25) is 5.02 Å². The first-order valence-electron chi connectivity index (χ1n) is 6.18. The minimum absolute atomic E-state index is 0.241. The lowest BCUT2D eigenvalue weighted by molar-refractivity contribution is 0.0592. The van der Waals surface area contributed by atoms with E-state index >= 15 is 0 Å². The van der Waals surface area contributed by atoms with Gasteiger partial charge in [-0.15, -0.1) is 5.10 Å². The quantitative estimate of drug-likeness (QED) is 0.797. The molecule has 0 aliphatic carbocycles. The molecule has 0 aliphatic rings. The Labute approximate surface area is 121 Å². The number of rotatable bonds is 4. The molecule has 20 heavy (non-hydrogen) atoms. The fourth-order valence-corrected chi connectivity index (χ4v) is 2.28. The maximum absolute atomic E-state index is 11.6. The van der Waals surface area contributed by atoms with Crippen LogP contribution in [-0.2, 0) is 24.8 Å². The van der Waals surface area contributed by atoms with Crippen LogP contribution in [-0.4, -0.2) is 37.9 Å². The fourth-order valence-electron chi connectivity index (χ4n) is 2.06. The van der Waals surface area contributed by atoms with Gasteiger partial charge in [-0.1, -0.05) is 23.7 Å². The molecule has 0 radical (unpaired) electrons. The number of halogens is 1. The van der Waals surface area contributed by atoms with Gasteiger partial charge in [-0.2, -0.15) is 5.10 Å². The first-order chi connectivity index (χ1) is 9.49. The number of hydrogen-bond donors (Lipinski definition) is 0. The van der Waals surface area contributed by atoms with E-state index in [1.54, 1.807) is 9.36 Å². The average molecular weight is 298 g/mol. The van der Waals surface area contributed by atoms with Gasteiger partial charge in [-0.05, 0) is 13.3 Å². The van der Waals surface area contributed by atoms with E-state index in [1.807, 2.05) is 20.9 Å². The normalized spacial score (nSPS) is 10.8. The number of hydrogen-bond acceptors (Lipinski definition) is 5. The number of carbonyl (C=O) groups excluding carboxylic acids is 1. The predicted octanol–water partition coefficient (Wildman–Crippen LogP) is 1.37. The standard InChI is InChI=1S/C12H16ClN5O2/c1-5-8-11(12(19)20-4)14-16-18(8)6-9-10(13)7(2)15-17(9)3/h5-6H2,1-4H3. The summed E-state index contributed by atoms with van der Waals surface area (Å²) in [4.78, 5) is 11.6. The van der Waals surface area contributed by atoms with E-state index in [9.17, 15) is 4.79 Å². The lowest BCUT2D eigenvalue weighted by atomic mass is 10.2. The van der Waals surface area contributed by atoms with Gasteiger partial charge in [0.2, 0.25) is 0 Å². The molecule has 7 nitrogen and oxygen atoms in total. The van der Waals surface area contributed by atoms with Crippen molar-refractivity contribution in [2.75, 3.05) is 7.11 Å². The minimum Gasteiger partial charge on any atom is -0.464 e. The maximum atomic E-state index is 11.6. The Morgan fingerprint density at radius 2 is 2.10 bits per heavy atom. The smallest absolute Gasteiger partial charge is 0.360 e. The van der Waals surface area contributed by atoms with Gasteiger partial charge in [-0.25, -0.2) is 9.48 Å². The molecule has 2 aromatic heterocycles. The highest BCUT2D eigenvalue weighted by molar-refractivity contribution is 6.31. The number of aryl methyl sites for hydroxylation is 2. The van der Waals surface area contributed by atoms with Crippen LogP contribution in [0.4, 0.5) is 0 Å². The highest BCUT2D eigenvalue weighted by Gasteiger charge is 2.21. The fraction of sp³-hybridized carbons (Fsp3) is 0.500. The Morgan fingerprint density at radius 1 is 1.40 bits per heavy atom. The van der Waals surface area contributed by atoms with Crippen molar-refractivity contribution >= 4 is 17.6 Å². The summed E-state index contributed by atoms with van der Waals surface area (Å²) >= 11 is 6.22. The van der Waals surface area contributed by atoms with Gasteiger partial charge in [0.25, 0.3) is 0 Å². The van der Waals surface area contributed by atoms with Crippen molar-refractivity contribution in [1.82, 2.24) is 24.8 Å². The summed E-state index contributed by atoms with van der Waals surface area (Å²) in [5.41, 5.74) is 2.53. The van der Waals surface area contributed by atoms with Gasteiger partial charge in [-0.3, -0.25) is 4.68 Å². The van der Waals surface area contributed by atoms with E-state index in [4.69, 9.17) is 16.3 Å². The Kier molecular flexibility index (Phi) is 4.08. The summed E-state index contributed by atoms with van der Waals surface area (Å²) in [6.07, 6.45) is 0.617. The van der Waals surface area contributed by atoms with Crippen molar-refractivity contribution in [3.63, 3.8) is 0 Å². The largest absolute Gasteiger partial charge is 0.464 e. The third kappa shape index (κ3) is 2.40. The van der Waals surface area contributed by atoms with Gasteiger partial charge in [0, 0.05) is 7.05 Å². The van der Waals surface area contributed by atoms with Gasteiger partial charge in [0.1, 0.15) is 0 Å². The van der Waals surface area contributed by atoms with Crippen molar-refractivity contribution in [3.05, 3.63) is 27.8 Å². The monoisotopic (exact) mass is 297 g/mol. The second-order valence-corrected chi connectivity index (χ2v) is 4.74. The molecule has 0 spiro atoms. The van der Waals surface area contributed by atoms with Gasteiger partial charge in [0.15, 0.2) is 5.69 Å². The number of nitrogens with zero attached hydrogens (tertiary/aromatic N) is 5. The zero-order valence-electron chi connectivity index (χ0n) is 11.8. The molecule has 8 heteroatoms. The van der Waals surface area contributed by atoms with Crippen molar-refractivity contribution in [1.29, 1.82) is 0 Å². The Hall–Kier alpha value is -1.89. The molecule has 0 aliphatic heterocycles. The lowest BCUT2D eigenvalue weighted by Crippen LogP contribution is -2.12. The van der Waals surface area contributed by atoms with E-state index in [0.717, 1.165) is 11.4 Å². The highest BCUT2D eigenvalue weighted by atomic mass is 35.5. The number of ether oxygens (including phenoxy) is 1. The van der Waals surface area contributed by atoms with Gasteiger partial charge in [0.05, 0.1) is 35.8 Å². The van der Waals surface area contributed by atoms with Crippen LogP contribution in [0.25, 0.3) is 0 Å². The van der Waals surface area contributed by atoms with Crippen molar-refractivity contribution in [2.24, 2.45) is 7.05 Å². The van der Waals surface area contributed by atoms with Gasteiger partial charge < -0.3 is 4.74 Å². The van der Waals surface area contributed by atoms with Crippen LogP contribution in [0, 0.1) is 6.92 Å². The number of esters is 1. The maximum Gasteiger partial charge on any atom is 0.360 e. The third-order valence-electron chi connectivity index (χ3n) is 3.11. The number of methoxy groups -OCH3 is 1. The zero-order valence-corrected chi connectivity index (χ0v) is 12.6. The molecule has 0 aromatic carbocycles. The van der Waals surface area contributed by atoms with Crippen LogP contribution in [0.15, 0.2) is 0 Å². The van der Waals surface area contributed by atoms with Crippen LogP contribution in [0.5, 0.6) is 0 Å². The summed E-state index contributed by atoms with van der Waals surface area (Å²) in [5.74, 6) is -0.486. The van der Waals surface area contributed by atoms with E-state index in [0.29, 0.717) is 23.7 Å². The summed E-state index contributed by atoms with van der Waals surface area (Å²) in [6.45, 7) is 4.18. The first-order valence-corrected chi connectivity index (χ1v) is 6.56. The molecular formula is C12H16ClN5O2. The van der Waals surface area contributed by atoms with E-state index in [1.165, 1.54) is 7.11 Å². The molecular weight excluding hydrogens is 282 g/mol. The first kappa shape index (κ1) is 14.5. The molecule has 0 N–H and O–H groups in total. The van der Waals surface area contributed by atoms with Crippen molar-refractivity contribution in [3.8, 4) is 0 Å². The summed E-state index contributed by atoms with van der Waals surface area (Å²) in [5, 5.41) is 12.7. The molecule has 0 bridgehead atoms. The third-order valence-corrected chi connectivity index (χ3v) is 3.60. The molecule has 2 aromatic rings. The van der Waals surface area contributed by atoms with Crippen molar-refractivity contribution in [2.45, 2.75) is 26.8 Å². The molecule has 0 amide bonds. The van der Waals surface area contributed by atoms with Crippen molar-refractivity contribution < 1.29 is 9.53 Å². The molecule has 2 rings (SSSR count). The Morgan fingerprint density at radius 3 is 2.60 bits per heavy atom. The van der Waals surface area contributed by atoms with Crippen LogP contribution >= 0.6 is 11.6 Å². The SMILES string of the molecule is CCc1c(C(=O)OC)nnn1Cc1c(Cl)c(C)nn1C. The average Bonchev–Trinajstić information content (AvgIpc) is 2.94. The number of carbonyl (C=O) groups is 1. The van der Waals surface area contributed by atoms with E-state index in [-0.39, 0.29) is 5.69 Å². The molecule has 0 unspecified atom stereocenters. The Bertz CT molecular complexity index is 647. The molecule has 108 valence electrons. The molecule has 0 atom stereocenters. The summed E-state index contributed by atoms with van der Waals surface area (Å²) in [6, 6.07) is 0. The lowest BCUT2D eigenvalue weighted by Gasteiger charge is -2.06. The van der Waals surface area contributed by atoms with Crippen LogP contribution in [0.3, 0.4) is 0 Å². The molecule has 0 saturated heterocycles.